The van der Waals surface area contributed by atoms with Gasteiger partial charge in [-0.3, -0.25) is 5.43 Å². The molecule has 0 aliphatic carbocycles. The van der Waals surface area contributed by atoms with Gasteiger partial charge in [0.1, 0.15) is 5.75 Å². The van der Waals surface area contributed by atoms with Crippen LogP contribution < -0.4 is 27.1 Å². The highest BCUT2D eigenvalue weighted by molar-refractivity contribution is 8.16. The molecule has 0 unspecified atom stereocenters. The Morgan fingerprint density at radius 3 is 2.43 bits per heavy atom. The van der Waals surface area contributed by atoms with Gasteiger partial charge >= 0.3 is 0 Å². The van der Waals surface area contributed by atoms with E-state index in [4.69, 9.17) is 4.74 Å². The second-order valence-corrected chi connectivity index (χ2v) is 5.39. The van der Waals surface area contributed by atoms with Crippen LogP contribution >= 0.6 is 11.8 Å². The molecule has 0 bridgehead atoms. The third-order valence-corrected chi connectivity index (χ3v) is 3.84. The predicted molar refractivity (Wildman–Crippen MR) is 93.2 cm³/mol. The zero-order valence-corrected chi connectivity index (χ0v) is 14.8. The van der Waals surface area contributed by atoms with Crippen LogP contribution in [0.2, 0.25) is 0 Å². The number of rotatable bonds is 3. The van der Waals surface area contributed by atoms with Crippen LogP contribution in [0, 0.1) is 0 Å². The van der Waals surface area contributed by atoms with E-state index in [0.29, 0.717) is 5.17 Å². The Kier molecular flexibility index (Phi) is 6.43. The van der Waals surface area contributed by atoms with Gasteiger partial charge in [-0.1, -0.05) is 42.1 Å². The van der Waals surface area contributed by atoms with Crippen molar-refractivity contribution in [1.29, 1.82) is 0 Å². The lowest BCUT2D eigenvalue weighted by molar-refractivity contribution is -0.00000462. The molecular weight excluding hydrogens is 374 g/mol. The van der Waals surface area contributed by atoms with Crippen LogP contribution in [-0.2, 0) is 0 Å². The fourth-order valence-electron chi connectivity index (χ4n) is 1.90. The van der Waals surface area contributed by atoms with Crippen molar-refractivity contribution in [2.75, 3.05) is 7.11 Å². The Morgan fingerprint density at radius 2 is 1.83 bits per heavy atom. The number of nitrogens with zero attached hydrogens (tertiary/aromatic N) is 2. The number of hydrogen-bond acceptors (Lipinski definition) is 5. The highest BCUT2D eigenvalue weighted by atomic mass is 79.9. The molecule has 0 aromatic heterocycles. The minimum absolute atomic E-state index is 0. The van der Waals surface area contributed by atoms with Crippen molar-refractivity contribution in [3.8, 4) is 5.75 Å². The molecule has 118 valence electrons. The summed E-state index contributed by atoms with van der Waals surface area (Å²) < 4.78 is 5.13. The maximum Gasteiger partial charge on any atom is 0.210 e. The van der Waals surface area contributed by atoms with E-state index < -0.39 is 0 Å². The summed E-state index contributed by atoms with van der Waals surface area (Å²) in [7, 11) is 1.65. The number of amidine groups is 1. The third-order valence-electron chi connectivity index (χ3n) is 3.08. The minimum Gasteiger partial charge on any atom is -1.00 e. The molecule has 2 aromatic carbocycles. The second-order valence-electron chi connectivity index (χ2n) is 4.55. The summed E-state index contributed by atoms with van der Waals surface area (Å²) in [6.45, 7) is 0. The molecule has 0 atom stereocenters. The standard InChI is InChI=1S/C17H15N3OS.BrH/c1-21-15-9-7-13(8-10-15)11-18-17-20-19-16(12-22-17)14-5-3-2-4-6-14;/h2-12,19H,1H3;1H/p-1/b18-11+;. The first kappa shape index (κ1) is 17.3. The molecule has 4 nitrogen and oxygen atoms in total. The number of nitrogens with one attached hydrogen (secondary N) is 1. The first-order valence-corrected chi connectivity index (χ1v) is 7.67. The molecule has 0 spiro atoms. The zero-order chi connectivity index (χ0) is 15.2. The van der Waals surface area contributed by atoms with Gasteiger partial charge in [0.15, 0.2) is 0 Å². The summed E-state index contributed by atoms with van der Waals surface area (Å²) >= 11 is 1.50. The van der Waals surface area contributed by atoms with Crippen molar-refractivity contribution >= 4 is 28.8 Å². The highest BCUT2D eigenvalue weighted by Gasteiger charge is 2.07. The molecule has 1 N–H and O–H groups in total. The van der Waals surface area contributed by atoms with Crippen molar-refractivity contribution in [2.24, 2.45) is 10.1 Å². The van der Waals surface area contributed by atoms with E-state index in [1.165, 1.54) is 11.8 Å². The molecule has 0 radical (unpaired) electrons. The Morgan fingerprint density at radius 1 is 1.09 bits per heavy atom. The fourth-order valence-corrected chi connectivity index (χ4v) is 2.53. The first-order chi connectivity index (χ1) is 10.8. The van der Waals surface area contributed by atoms with Gasteiger partial charge in [-0.15, -0.1) is 5.10 Å². The quantitative estimate of drug-likeness (QED) is 0.788. The number of benzene rings is 2. The SMILES string of the molecule is COc1ccc(/C=N/C2=NNC(c3ccccc3)=CS2)cc1.[Br-]. The summed E-state index contributed by atoms with van der Waals surface area (Å²) in [5.41, 5.74) is 6.13. The molecule has 23 heavy (non-hydrogen) atoms. The molecule has 2 aromatic rings. The van der Waals surface area contributed by atoms with E-state index in [9.17, 15) is 0 Å². The van der Waals surface area contributed by atoms with Gasteiger partial charge in [0, 0.05) is 17.2 Å². The summed E-state index contributed by atoms with van der Waals surface area (Å²) in [5.74, 6) is 0.832. The van der Waals surface area contributed by atoms with E-state index in [0.717, 1.165) is 22.6 Å². The molecule has 1 aliphatic rings. The number of hydrazone groups is 1. The van der Waals surface area contributed by atoms with Gasteiger partial charge < -0.3 is 21.7 Å². The van der Waals surface area contributed by atoms with Crippen molar-refractivity contribution in [3.05, 3.63) is 71.1 Å². The predicted octanol–water partition coefficient (Wildman–Crippen LogP) is 0.724. The van der Waals surface area contributed by atoms with Gasteiger partial charge in [0.05, 0.1) is 12.8 Å². The van der Waals surface area contributed by atoms with Gasteiger partial charge in [0.25, 0.3) is 0 Å². The van der Waals surface area contributed by atoms with Crippen molar-refractivity contribution in [2.45, 2.75) is 0 Å². The monoisotopic (exact) mass is 388 g/mol. The lowest BCUT2D eigenvalue weighted by Gasteiger charge is -2.11. The van der Waals surface area contributed by atoms with Crippen LogP contribution in [0.5, 0.6) is 5.75 Å². The van der Waals surface area contributed by atoms with Gasteiger partial charge in [-0.25, -0.2) is 4.99 Å². The highest BCUT2D eigenvalue weighted by Crippen LogP contribution is 2.21. The maximum absolute atomic E-state index is 5.13. The lowest BCUT2D eigenvalue weighted by Crippen LogP contribution is -3.00. The second kappa shape index (κ2) is 8.55. The van der Waals surface area contributed by atoms with Crippen molar-refractivity contribution in [1.82, 2.24) is 5.43 Å². The largest absolute Gasteiger partial charge is 1.00 e. The molecule has 1 heterocycles. The number of hydrogen-bond donors (Lipinski definition) is 1. The van der Waals surface area contributed by atoms with E-state index in [2.05, 4.69) is 15.5 Å². The number of methoxy groups -OCH3 is 1. The Hall–Kier alpha value is -2.05. The smallest absolute Gasteiger partial charge is 0.210 e. The first-order valence-electron chi connectivity index (χ1n) is 6.79. The van der Waals surface area contributed by atoms with Crippen LogP contribution in [0.1, 0.15) is 11.1 Å². The molecule has 0 saturated heterocycles. The van der Waals surface area contributed by atoms with Crippen LogP contribution in [0.25, 0.3) is 5.70 Å². The Bertz CT molecular complexity index is 727. The molecule has 1 aliphatic heterocycles. The van der Waals surface area contributed by atoms with E-state index in [-0.39, 0.29) is 17.0 Å². The van der Waals surface area contributed by atoms with Gasteiger partial charge in [-0.05, 0) is 29.8 Å². The van der Waals surface area contributed by atoms with Crippen molar-refractivity contribution in [3.63, 3.8) is 0 Å². The topological polar surface area (TPSA) is 46.0 Å². The Labute approximate surface area is 150 Å². The summed E-state index contributed by atoms with van der Waals surface area (Å²) in [6, 6.07) is 17.8. The average molecular weight is 389 g/mol. The summed E-state index contributed by atoms with van der Waals surface area (Å²) in [5, 5.41) is 6.97. The van der Waals surface area contributed by atoms with Crippen molar-refractivity contribution < 1.29 is 21.7 Å². The number of thioether (sulfide) groups is 1. The maximum atomic E-state index is 5.13. The van der Waals surface area contributed by atoms with Crippen LogP contribution in [0.4, 0.5) is 0 Å². The van der Waals surface area contributed by atoms with E-state index >= 15 is 0 Å². The molecule has 0 saturated carbocycles. The van der Waals surface area contributed by atoms with Gasteiger partial charge in [0.2, 0.25) is 5.17 Å². The van der Waals surface area contributed by atoms with Crippen LogP contribution in [0.3, 0.4) is 0 Å². The van der Waals surface area contributed by atoms with Crippen LogP contribution in [0.15, 0.2) is 70.1 Å². The number of ether oxygens (including phenoxy) is 1. The average Bonchev–Trinajstić information content (AvgIpc) is 2.61. The molecule has 0 fully saturated rings. The molecule has 3 rings (SSSR count). The third kappa shape index (κ3) is 4.71. The number of aliphatic imine (C=N–C) groups is 1. The zero-order valence-electron chi connectivity index (χ0n) is 12.4. The molecular formula is C17H15BrN3OS-. The molecule has 6 heteroatoms. The van der Waals surface area contributed by atoms with Gasteiger partial charge in [-0.2, -0.15) is 0 Å². The fraction of sp³-hybridized carbons (Fsp3) is 0.0588. The Balaban J connectivity index is 0.00000192. The number of halogens is 1. The lowest BCUT2D eigenvalue weighted by atomic mass is 10.2. The van der Waals surface area contributed by atoms with E-state index in [1.54, 1.807) is 13.3 Å². The summed E-state index contributed by atoms with van der Waals surface area (Å²) in [6.07, 6.45) is 1.79. The molecule has 0 amide bonds. The minimum atomic E-state index is 0. The summed E-state index contributed by atoms with van der Waals surface area (Å²) in [4.78, 5) is 4.38. The normalized spacial score (nSPS) is 13.6. The van der Waals surface area contributed by atoms with Crippen LogP contribution in [-0.4, -0.2) is 18.5 Å². The van der Waals surface area contributed by atoms with E-state index in [1.807, 2.05) is 60.0 Å².